The average Bonchev–Trinajstić information content (AvgIpc) is 2.03. The molecule has 0 rings (SSSR count). The highest BCUT2D eigenvalue weighted by Gasteiger charge is 2.10. The van der Waals surface area contributed by atoms with Crippen molar-refractivity contribution in [3.63, 3.8) is 0 Å². The molecule has 0 fully saturated rings. The predicted octanol–water partition coefficient (Wildman–Crippen LogP) is -1.62. The maximum absolute atomic E-state index is 11.0. The fraction of sp³-hybridized carbons (Fsp3) is 0.857. The first-order chi connectivity index (χ1) is 6.39. The van der Waals surface area contributed by atoms with Crippen molar-refractivity contribution in [3.05, 3.63) is 0 Å². The molecule has 84 valence electrons. The van der Waals surface area contributed by atoms with Crippen LogP contribution >= 0.6 is 0 Å². The summed E-state index contributed by atoms with van der Waals surface area (Å²) in [5, 5.41) is 8.40. The SMILES string of the molecule is CN(C)C(=O)CCNS(=O)(=O)CCO. The number of sulfonamides is 1. The standard InChI is InChI=1S/C7H16N2O4S/c1-9(2)7(11)3-4-8-14(12,13)6-5-10/h8,10H,3-6H2,1-2H3. The highest BCUT2D eigenvalue weighted by atomic mass is 32.2. The molecule has 0 saturated carbocycles. The lowest BCUT2D eigenvalue weighted by atomic mass is 10.4. The number of carbonyl (C=O) groups excluding carboxylic acids is 1. The van der Waals surface area contributed by atoms with Gasteiger partial charge in [-0.15, -0.1) is 0 Å². The van der Waals surface area contributed by atoms with Crippen LogP contribution in [-0.2, 0) is 14.8 Å². The van der Waals surface area contributed by atoms with E-state index in [9.17, 15) is 13.2 Å². The Hall–Kier alpha value is -0.660. The van der Waals surface area contributed by atoms with Crippen LogP contribution < -0.4 is 4.72 Å². The molecule has 6 nitrogen and oxygen atoms in total. The molecule has 0 radical (unpaired) electrons. The van der Waals surface area contributed by atoms with Gasteiger partial charge in [0.1, 0.15) is 0 Å². The van der Waals surface area contributed by atoms with E-state index in [0.29, 0.717) is 0 Å². The Balaban J connectivity index is 3.80. The summed E-state index contributed by atoms with van der Waals surface area (Å²) >= 11 is 0. The van der Waals surface area contributed by atoms with Gasteiger partial charge in [0.05, 0.1) is 12.4 Å². The zero-order valence-electron chi connectivity index (χ0n) is 8.36. The summed E-state index contributed by atoms with van der Waals surface area (Å²) in [6.45, 7) is -0.351. The van der Waals surface area contributed by atoms with Crippen molar-refractivity contribution < 1.29 is 18.3 Å². The molecular formula is C7H16N2O4S. The first-order valence-electron chi connectivity index (χ1n) is 4.17. The van der Waals surface area contributed by atoms with Gasteiger partial charge < -0.3 is 10.0 Å². The topological polar surface area (TPSA) is 86.7 Å². The molecule has 0 aliphatic heterocycles. The van der Waals surface area contributed by atoms with Crippen LogP contribution in [-0.4, -0.2) is 57.3 Å². The molecule has 0 atom stereocenters. The molecule has 0 unspecified atom stereocenters. The Kier molecular flexibility index (Phi) is 5.66. The molecule has 0 spiro atoms. The van der Waals surface area contributed by atoms with Gasteiger partial charge in [0.25, 0.3) is 0 Å². The van der Waals surface area contributed by atoms with Gasteiger partial charge in [-0.3, -0.25) is 4.79 Å². The molecule has 0 bridgehead atoms. The molecule has 0 aromatic heterocycles. The third-order valence-electron chi connectivity index (χ3n) is 1.52. The summed E-state index contributed by atoms with van der Waals surface area (Å²) in [7, 11) is -0.220. The Morgan fingerprint density at radius 1 is 1.43 bits per heavy atom. The Morgan fingerprint density at radius 2 is 2.00 bits per heavy atom. The van der Waals surface area contributed by atoms with Gasteiger partial charge in [-0.1, -0.05) is 0 Å². The molecule has 2 N–H and O–H groups in total. The Labute approximate surface area is 84.0 Å². The fourth-order valence-corrected chi connectivity index (χ4v) is 1.53. The van der Waals surface area contributed by atoms with Gasteiger partial charge >= 0.3 is 0 Å². The van der Waals surface area contributed by atoms with E-state index >= 15 is 0 Å². The average molecular weight is 224 g/mol. The molecule has 0 saturated heterocycles. The molecule has 0 aliphatic carbocycles. The van der Waals surface area contributed by atoms with Crippen LogP contribution in [0.4, 0.5) is 0 Å². The summed E-state index contributed by atoms with van der Waals surface area (Å²) in [5.41, 5.74) is 0. The molecular weight excluding hydrogens is 208 g/mol. The molecule has 14 heavy (non-hydrogen) atoms. The first-order valence-corrected chi connectivity index (χ1v) is 5.82. The lowest BCUT2D eigenvalue weighted by Crippen LogP contribution is -2.32. The summed E-state index contributed by atoms with van der Waals surface area (Å²) in [5.74, 6) is -0.472. The number of amides is 1. The molecule has 0 aromatic carbocycles. The second-order valence-electron chi connectivity index (χ2n) is 2.97. The molecule has 1 amide bonds. The number of hydrogen-bond donors (Lipinski definition) is 2. The van der Waals surface area contributed by atoms with Crippen molar-refractivity contribution in [2.45, 2.75) is 6.42 Å². The lowest BCUT2D eigenvalue weighted by molar-refractivity contribution is -0.128. The predicted molar refractivity (Wildman–Crippen MR) is 52.2 cm³/mol. The monoisotopic (exact) mass is 224 g/mol. The lowest BCUT2D eigenvalue weighted by Gasteiger charge is -2.10. The minimum atomic E-state index is -3.42. The van der Waals surface area contributed by atoms with Crippen molar-refractivity contribution in [1.82, 2.24) is 9.62 Å². The summed E-state index contributed by atoms with van der Waals surface area (Å²) in [4.78, 5) is 12.4. The Morgan fingerprint density at radius 3 is 2.43 bits per heavy atom. The van der Waals surface area contributed by atoms with Crippen LogP contribution in [0, 0.1) is 0 Å². The van der Waals surface area contributed by atoms with Gasteiger partial charge in [-0.05, 0) is 0 Å². The fourth-order valence-electron chi connectivity index (χ4n) is 0.729. The normalized spacial score (nSPS) is 11.4. The first kappa shape index (κ1) is 13.3. The maximum atomic E-state index is 11.0. The van der Waals surface area contributed by atoms with E-state index in [1.54, 1.807) is 14.1 Å². The number of nitrogens with one attached hydrogen (secondary N) is 1. The summed E-state index contributed by atoms with van der Waals surface area (Å²) in [6.07, 6.45) is 0.123. The molecule has 0 aromatic rings. The smallest absolute Gasteiger partial charge is 0.223 e. The number of nitrogens with zero attached hydrogens (tertiary/aromatic N) is 1. The molecule has 0 aliphatic rings. The highest BCUT2D eigenvalue weighted by molar-refractivity contribution is 7.89. The van der Waals surface area contributed by atoms with Crippen molar-refractivity contribution in [3.8, 4) is 0 Å². The number of hydrogen-bond acceptors (Lipinski definition) is 4. The largest absolute Gasteiger partial charge is 0.395 e. The second-order valence-corrected chi connectivity index (χ2v) is 4.90. The zero-order chi connectivity index (χ0) is 11.2. The molecule has 7 heteroatoms. The Bertz CT molecular complexity index is 273. The zero-order valence-corrected chi connectivity index (χ0v) is 9.17. The third kappa shape index (κ3) is 5.90. The van der Waals surface area contributed by atoms with E-state index in [-0.39, 0.29) is 24.6 Å². The van der Waals surface area contributed by atoms with E-state index in [2.05, 4.69) is 4.72 Å². The second kappa shape index (κ2) is 5.94. The van der Waals surface area contributed by atoms with Gasteiger partial charge in [-0.25, -0.2) is 13.1 Å². The van der Waals surface area contributed by atoms with Crippen LogP contribution in [0.1, 0.15) is 6.42 Å². The van der Waals surface area contributed by atoms with Crippen molar-refractivity contribution >= 4 is 15.9 Å². The van der Waals surface area contributed by atoms with Crippen LogP contribution in [0.25, 0.3) is 0 Å². The number of aliphatic hydroxyl groups is 1. The maximum Gasteiger partial charge on any atom is 0.223 e. The van der Waals surface area contributed by atoms with E-state index in [1.807, 2.05) is 0 Å². The van der Waals surface area contributed by atoms with Gasteiger partial charge in [0, 0.05) is 27.1 Å². The van der Waals surface area contributed by atoms with E-state index in [0.717, 1.165) is 0 Å². The van der Waals surface area contributed by atoms with Gasteiger partial charge in [0.15, 0.2) is 0 Å². The van der Waals surface area contributed by atoms with Crippen molar-refractivity contribution in [2.24, 2.45) is 0 Å². The van der Waals surface area contributed by atoms with E-state index < -0.39 is 16.6 Å². The van der Waals surface area contributed by atoms with Crippen LogP contribution in [0.15, 0.2) is 0 Å². The minimum Gasteiger partial charge on any atom is -0.395 e. The highest BCUT2D eigenvalue weighted by Crippen LogP contribution is 1.88. The quantitative estimate of drug-likeness (QED) is 0.567. The van der Waals surface area contributed by atoms with Crippen molar-refractivity contribution in [1.29, 1.82) is 0 Å². The van der Waals surface area contributed by atoms with E-state index in [4.69, 9.17) is 5.11 Å². The molecule has 0 heterocycles. The number of aliphatic hydroxyl groups excluding tert-OH is 1. The van der Waals surface area contributed by atoms with Crippen LogP contribution in [0.5, 0.6) is 0 Å². The van der Waals surface area contributed by atoms with Crippen molar-refractivity contribution in [2.75, 3.05) is 33.0 Å². The van der Waals surface area contributed by atoms with Gasteiger partial charge in [-0.2, -0.15) is 0 Å². The number of rotatable bonds is 6. The van der Waals surface area contributed by atoms with E-state index in [1.165, 1.54) is 4.90 Å². The van der Waals surface area contributed by atoms with Crippen LogP contribution in [0.2, 0.25) is 0 Å². The number of carbonyl (C=O) groups is 1. The van der Waals surface area contributed by atoms with Crippen LogP contribution in [0.3, 0.4) is 0 Å². The summed E-state index contributed by atoms with van der Waals surface area (Å²) < 4.78 is 24.2. The summed E-state index contributed by atoms with van der Waals surface area (Å²) in [6, 6.07) is 0. The minimum absolute atomic E-state index is 0.0688. The van der Waals surface area contributed by atoms with Gasteiger partial charge in [0.2, 0.25) is 15.9 Å². The third-order valence-corrected chi connectivity index (χ3v) is 2.88.